The lowest BCUT2D eigenvalue weighted by Gasteiger charge is -2.42. The van der Waals surface area contributed by atoms with Crippen molar-refractivity contribution in [2.24, 2.45) is 5.41 Å². The van der Waals surface area contributed by atoms with Crippen LogP contribution in [0.2, 0.25) is 5.02 Å². The third-order valence-corrected chi connectivity index (χ3v) is 9.36. The van der Waals surface area contributed by atoms with Crippen molar-refractivity contribution in [3.05, 3.63) is 29.7 Å². The smallest absolute Gasteiger partial charge is 0.407 e. The zero-order chi connectivity index (χ0) is 28.3. The number of rotatable bonds is 6. The first-order chi connectivity index (χ1) is 19.1. The highest BCUT2D eigenvalue weighted by atomic mass is 35.5. The molecule has 40 heavy (non-hydrogen) atoms. The van der Waals surface area contributed by atoms with Crippen molar-refractivity contribution < 1.29 is 14.3 Å². The van der Waals surface area contributed by atoms with Crippen LogP contribution in [0.1, 0.15) is 53.4 Å². The highest BCUT2D eigenvalue weighted by Crippen LogP contribution is 2.43. The second-order valence-corrected chi connectivity index (χ2v) is 13.4. The summed E-state index contributed by atoms with van der Waals surface area (Å²) in [6.07, 6.45) is 8.82. The minimum absolute atomic E-state index is 0.0643. The van der Waals surface area contributed by atoms with Crippen LogP contribution in [-0.4, -0.2) is 77.6 Å². The van der Waals surface area contributed by atoms with Crippen LogP contribution < -0.4 is 20.9 Å². The molecule has 0 aliphatic carbocycles. The van der Waals surface area contributed by atoms with E-state index < -0.39 is 5.60 Å². The number of carbonyl (C=O) groups is 1. The minimum atomic E-state index is -0.540. The number of aromatic nitrogens is 3. The van der Waals surface area contributed by atoms with Gasteiger partial charge in [0.1, 0.15) is 22.3 Å². The van der Waals surface area contributed by atoms with E-state index in [1.165, 1.54) is 11.8 Å². The summed E-state index contributed by atoms with van der Waals surface area (Å²) in [5.41, 5.74) is -0.658. The SMILES string of the molecule is C[C@@H]1OCC2(CCN(c3cnc(Sc4ccnc(NC5CCNCC5)c4Cl)cn3)CC2)[C@@H]1NC(=O)OC(C)(C)C. The number of halogens is 1. The molecule has 0 bridgehead atoms. The van der Waals surface area contributed by atoms with Gasteiger partial charge < -0.3 is 30.3 Å². The predicted octanol–water partition coefficient (Wildman–Crippen LogP) is 4.74. The molecule has 3 N–H and O–H groups in total. The Morgan fingerprint density at radius 2 is 1.95 bits per heavy atom. The average molecular weight is 590 g/mol. The standard InChI is InChI=1S/C28H40ClN7O3S/c1-18-24(35-26(37)39-27(2,3)4)28(17-38-18)8-13-36(14-9-28)21-15-33-22(16-32-21)40-20-7-12-31-25(23(20)29)34-19-5-10-30-11-6-19/h7,12,15-16,18-19,24,30H,5-6,8-11,13-14,17H2,1-4H3,(H,31,34)(H,35,37)/t18-,24+/m0/s1. The molecule has 1 spiro atoms. The van der Waals surface area contributed by atoms with Crippen LogP contribution in [0.3, 0.4) is 0 Å². The van der Waals surface area contributed by atoms with Crippen molar-refractivity contribution in [2.45, 2.75) is 87.1 Å². The zero-order valence-corrected chi connectivity index (χ0v) is 25.3. The van der Waals surface area contributed by atoms with Crippen LogP contribution in [0.4, 0.5) is 16.4 Å². The third-order valence-electron chi connectivity index (χ3n) is 7.88. The van der Waals surface area contributed by atoms with Crippen LogP contribution in [0.15, 0.2) is 34.6 Å². The summed E-state index contributed by atoms with van der Waals surface area (Å²) in [5, 5.41) is 11.4. The predicted molar refractivity (Wildman–Crippen MR) is 157 cm³/mol. The van der Waals surface area contributed by atoms with Crippen LogP contribution in [-0.2, 0) is 9.47 Å². The van der Waals surface area contributed by atoms with Gasteiger partial charge in [-0.05, 0) is 72.5 Å². The molecule has 0 radical (unpaired) electrons. The molecule has 3 saturated heterocycles. The summed E-state index contributed by atoms with van der Waals surface area (Å²) in [4.78, 5) is 29.5. The van der Waals surface area contributed by atoms with Crippen molar-refractivity contribution >= 4 is 41.1 Å². The van der Waals surface area contributed by atoms with Crippen molar-refractivity contribution in [1.29, 1.82) is 0 Å². The van der Waals surface area contributed by atoms with Gasteiger partial charge in [0.05, 0.1) is 36.2 Å². The lowest BCUT2D eigenvalue weighted by molar-refractivity contribution is 0.0434. The molecule has 2 atom stereocenters. The zero-order valence-electron chi connectivity index (χ0n) is 23.7. The highest BCUT2D eigenvalue weighted by molar-refractivity contribution is 7.99. The monoisotopic (exact) mass is 589 g/mol. The number of anilines is 2. The normalized spacial score (nSPS) is 23.3. The highest BCUT2D eigenvalue weighted by Gasteiger charge is 2.50. The second kappa shape index (κ2) is 12.3. The van der Waals surface area contributed by atoms with E-state index in [1.54, 1.807) is 12.4 Å². The van der Waals surface area contributed by atoms with Crippen molar-refractivity contribution in [3.8, 4) is 0 Å². The van der Waals surface area contributed by atoms with Crippen LogP contribution in [0.5, 0.6) is 0 Å². The van der Waals surface area contributed by atoms with Gasteiger partial charge in [0, 0.05) is 35.6 Å². The largest absolute Gasteiger partial charge is 0.444 e. The first kappa shape index (κ1) is 29.2. The van der Waals surface area contributed by atoms with E-state index in [1.807, 2.05) is 40.0 Å². The summed E-state index contributed by atoms with van der Waals surface area (Å²) in [6, 6.07) is 2.19. The lowest BCUT2D eigenvalue weighted by Crippen LogP contribution is -2.55. The molecule has 1 amide bonds. The van der Waals surface area contributed by atoms with E-state index in [9.17, 15) is 4.79 Å². The number of alkyl carbamates (subject to hydrolysis) is 1. The summed E-state index contributed by atoms with van der Waals surface area (Å²) in [6.45, 7) is 11.9. The van der Waals surface area contributed by atoms with Gasteiger partial charge in [-0.2, -0.15) is 0 Å². The molecule has 10 nitrogen and oxygen atoms in total. The van der Waals surface area contributed by atoms with Gasteiger partial charge in [-0.1, -0.05) is 23.4 Å². The fourth-order valence-electron chi connectivity index (χ4n) is 5.73. The van der Waals surface area contributed by atoms with Crippen LogP contribution in [0, 0.1) is 5.41 Å². The maximum atomic E-state index is 12.5. The molecular formula is C28H40ClN7O3S. The Morgan fingerprint density at radius 1 is 1.20 bits per heavy atom. The molecule has 3 fully saturated rings. The van der Waals surface area contributed by atoms with Crippen LogP contribution in [0.25, 0.3) is 0 Å². The molecule has 5 heterocycles. The van der Waals surface area contributed by atoms with Gasteiger partial charge in [-0.15, -0.1) is 0 Å². The first-order valence-electron chi connectivity index (χ1n) is 14.1. The first-order valence-corrected chi connectivity index (χ1v) is 15.3. The molecule has 0 aromatic carbocycles. The number of pyridine rings is 1. The summed E-state index contributed by atoms with van der Waals surface area (Å²) >= 11 is 8.20. The van der Waals surface area contributed by atoms with E-state index in [4.69, 9.17) is 26.1 Å². The van der Waals surface area contributed by atoms with Crippen molar-refractivity contribution in [3.63, 3.8) is 0 Å². The van der Waals surface area contributed by atoms with E-state index in [0.717, 1.165) is 73.4 Å². The number of ether oxygens (including phenoxy) is 2. The molecule has 218 valence electrons. The summed E-state index contributed by atoms with van der Waals surface area (Å²) in [5.74, 6) is 1.56. The fraction of sp³-hybridized carbons (Fsp3) is 0.643. The molecule has 5 rings (SSSR count). The molecule has 12 heteroatoms. The Morgan fingerprint density at radius 3 is 2.62 bits per heavy atom. The maximum absolute atomic E-state index is 12.5. The van der Waals surface area contributed by atoms with Crippen molar-refractivity contribution in [1.82, 2.24) is 25.6 Å². The number of carbonyl (C=O) groups excluding carboxylic acids is 1. The summed E-state index contributed by atoms with van der Waals surface area (Å²) < 4.78 is 11.5. The summed E-state index contributed by atoms with van der Waals surface area (Å²) in [7, 11) is 0. The molecule has 2 aromatic heterocycles. The number of amides is 1. The maximum Gasteiger partial charge on any atom is 0.407 e. The molecule has 3 aliphatic rings. The van der Waals surface area contributed by atoms with Crippen molar-refractivity contribution in [2.75, 3.05) is 43.0 Å². The average Bonchev–Trinajstić information content (AvgIpc) is 3.21. The van der Waals surface area contributed by atoms with Crippen LogP contribution >= 0.6 is 23.4 Å². The van der Waals surface area contributed by atoms with E-state index >= 15 is 0 Å². The Balaban J connectivity index is 1.18. The number of nitrogens with zero attached hydrogens (tertiary/aromatic N) is 4. The van der Waals surface area contributed by atoms with E-state index in [0.29, 0.717) is 17.7 Å². The Kier molecular flexibility index (Phi) is 8.94. The Bertz CT molecular complexity index is 1170. The fourth-order valence-corrected chi connectivity index (χ4v) is 6.76. The van der Waals surface area contributed by atoms with Gasteiger partial charge in [-0.25, -0.2) is 19.7 Å². The topological polar surface area (TPSA) is 114 Å². The lowest BCUT2D eigenvalue weighted by atomic mass is 9.73. The molecule has 2 aromatic rings. The number of hydrogen-bond acceptors (Lipinski definition) is 10. The van der Waals surface area contributed by atoms with Gasteiger partial charge in [-0.3, -0.25) is 0 Å². The second-order valence-electron chi connectivity index (χ2n) is 11.9. The number of hydrogen-bond donors (Lipinski definition) is 3. The minimum Gasteiger partial charge on any atom is -0.444 e. The third kappa shape index (κ3) is 6.92. The van der Waals surface area contributed by atoms with Gasteiger partial charge in [0.2, 0.25) is 0 Å². The number of nitrogens with one attached hydrogen (secondary N) is 3. The quantitative estimate of drug-likeness (QED) is 0.436. The molecule has 0 unspecified atom stereocenters. The van der Waals surface area contributed by atoms with Gasteiger partial charge >= 0.3 is 6.09 Å². The Labute approximate surface area is 245 Å². The molecular weight excluding hydrogens is 550 g/mol. The van der Waals surface area contributed by atoms with E-state index in [-0.39, 0.29) is 23.7 Å². The van der Waals surface area contributed by atoms with Gasteiger partial charge in [0.25, 0.3) is 0 Å². The molecule has 3 aliphatic heterocycles. The van der Waals surface area contributed by atoms with Gasteiger partial charge in [0.15, 0.2) is 0 Å². The molecule has 0 saturated carbocycles. The Hall–Kier alpha value is -2.34. The number of piperidine rings is 2. The van der Waals surface area contributed by atoms with E-state index in [2.05, 4.69) is 30.8 Å².